The number of halogens is 3. The number of benzene rings is 1. The second-order valence-corrected chi connectivity index (χ2v) is 3.91. The molecule has 0 saturated heterocycles. The van der Waals surface area contributed by atoms with Crippen molar-refractivity contribution in [3.63, 3.8) is 0 Å². The fourth-order valence-corrected chi connectivity index (χ4v) is 1.64. The maximum atomic E-state index is 13.7. The Morgan fingerprint density at radius 1 is 1.35 bits per heavy atom. The number of carboxylic acid groups (broad SMARTS) is 1. The normalized spacial score (nSPS) is 10.5. The molecule has 0 aliphatic rings. The zero-order chi connectivity index (χ0) is 12.6. The van der Waals surface area contributed by atoms with Gasteiger partial charge in [-0.15, -0.1) is 0 Å². The van der Waals surface area contributed by atoms with Crippen LogP contribution in [0.3, 0.4) is 0 Å². The van der Waals surface area contributed by atoms with Crippen LogP contribution in [0.1, 0.15) is 10.5 Å². The molecule has 0 amide bonds. The van der Waals surface area contributed by atoms with Crippen molar-refractivity contribution in [3.8, 4) is 11.3 Å². The van der Waals surface area contributed by atoms with E-state index >= 15 is 0 Å². The highest BCUT2D eigenvalue weighted by Crippen LogP contribution is 2.34. The van der Waals surface area contributed by atoms with E-state index in [-0.39, 0.29) is 27.1 Å². The molecular formula is C10H4Cl2FNO3. The van der Waals surface area contributed by atoms with Crippen molar-refractivity contribution in [1.29, 1.82) is 0 Å². The van der Waals surface area contributed by atoms with E-state index in [9.17, 15) is 9.18 Å². The van der Waals surface area contributed by atoms with Crippen molar-refractivity contribution in [2.75, 3.05) is 0 Å². The van der Waals surface area contributed by atoms with Crippen LogP contribution in [0.25, 0.3) is 11.3 Å². The molecule has 0 fully saturated rings. The average Bonchev–Trinajstić information content (AvgIpc) is 2.73. The third-order valence-corrected chi connectivity index (χ3v) is 2.63. The molecule has 0 unspecified atom stereocenters. The Hall–Kier alpha value is -1.59. The van der Waals surface area contributed by atoms with E-state index in [4.69, 9.17) is 32.8 Å². The van der Waals surface area contributed by atoms with Gasteiger partial charge in [-0.1, -0.05) is 28.4 Å². The molecule has 1 aromatic carbocycles. The van der Waals surface area contributed by atoms with Crippen molar-refractivity contribution in [2.45, 2.75) is 0 Å². The molecular weight excluding hydrogens is 272 g/mol. The van der Waals surface area contributed by atoms with E-state index in [2.05, 4.69) is 5.16 Å². The van der Waals surface area contributed by atoms with Gasteiger partial charge in [-0.2, -0.15) is 0 Å². The zero-order valence-corrected chi connectivity index (χ0v) is 9.59. The summed E-state index contributed by atoms with van der Waals surface area (Å²) in [4.78, 5) is 10.6. The molecule has 0 aliphatic heterocycles. The van der Waals surface area contributed by atoms with Gasteiger partial charge in [0, 0.05) is 6.07 Å². The van der Waals surface area contributed by atoms with Crippen LogP contribution in [0.15, 0.2) is 22.7 Å². The first-order chi connectivity index (χ1) is 8.00. The van der Waals surface area contributed by atoms with Gasteiger partial charge in [0.1, 0.15) is 0 Å². The molecule has 0 aliphatic carbocycles. The van der Waals surface area contributed by atoms with Crippen molar-refractivity contribution < 1.29 is 18.8 Å². The van der Waals surface area contributed by atoms with Gasteiger partial charge in [-0.05, 0) is 12.1 Å². The van der Waals surface area contributed by atoms with Crippen LogP contribution < -0.4 is 0 Å². The summed E-state index contributed by atoms with van der Waals surface area (Å²) >= 11 is 11.4. The van der Waals surface area contributed by atoms with E-state index < -0.39 is 11.8 Å². The number of aromatic nitrogens is 1. The minimum atomic E-state index is -1.28. The Morgan fingerprint density at radius 3 is 2.59 bits per heavy atom. The van der Waals surface area contributed by atoms with Gasteiger partial charge in [0.15, 0.2) is 17.3 Å². The number of nitrogens with zero attached hydrogens (tertiary/aromatic N) is 1. The van der Waals surface area contributed by atoms with Gasteiger partial charge in [0.05, 0.1) is 15.6 Å². The lowest BCUT2D eigenvalue weighted by Crippen LogP contribution is -1.94. The average molecular weight is 276 g/mol. The Kier molecular flexibility index (Phi) is 3.04. The van der Waals surface area contributed by atoms with E-state index in [1.807, 2.05) is 0 Å². The summed E-state index contributed by atoms with van der Waals surface area (Å²) in [7, 11) is 0. The molecule has 0 spiro atoms. The lowest BCUT2D eigenvalue weighted by Gasteiger charge is -2.02. The number of aromatic carboxylic acids is 1. The summed E-state index contributed by atoms with van der Waals surface area (Å²) in [5.74, 6) is -2.15. The summed E-state index contributed by atoms with van der Waals surface area (Å²) in [6, 6.07) is 3.74. The Balaban J connectivity index is 2.60. The molecule has 7 heteroatoms. The third kappa shape index (κ3) is 2.11. The van der Waals surface area contributed by atoms with Crippen LogP contribution in [0, 0.1) is 5.82 Å². The largest absolute Gasteiger partial charge is 0.476 e. The Morgan fingerprint density at radius 2 is 2.00 bits per heavy atom. The first-order valence-electron chi connectivity index (χ1n) is 4.34. The molecule has 4 nitrogen and oxygen atoms in total. The van der Waals surface area contributed by atoms with Gasteiger partial charge in [0.2, 0.25) is 0 Å². The summed E-state index contributed by atoms with van der Waals surface area (Å²) in [5, 5.41) is 11.8. The van der Waals surface area contributed by atoms with Crippen LogP contribution in [0.4, 0.5) is 4.39 Å². The highest BCUT2D eigenvalue weighted by atomic mass is 35.5. The van der Waals surface area contributed by atoms with E-state index in [1.165, 1.54) is 12.1 Å². The molecule has 1 aromatic heterocycles. The predicted octanol–water partition coefficient (Wildman–Crippen LogP) is 3.49. The predicted molar refractivity (Wildman–Crippen MR) is 58.9 cm³/mol. The molecule has 2 rings (SSSR count). The van der Waals surface area contributed by atoms with Crippen LogP contribution in [-0.2, 0) is 0 Å². The number of hydrogen-bond acceptors (Lipinski definition) is 3. The first-order valence-corrected chi connectivity index (χ1v) is 5.10. The molecule has 0 atom stereocenters. The minimum Gasteiger partial charge on any atom is -0.476 e. The molecule has 88 valence electrons. The summed E-state index contributed by atoms with van der Waals surface area (Å²) in [5.41, 5.74) is -0.449. The van der Waals surface area contributed by atoms with E-state index in [0.717, 1.165) is 6.07 Å². The smallest absolute Gasteiger partial charge is 0.358 e. The Labute approximate surface area is 105 Å². The standard InChI is InChI=1S/C10H4Cl2FNO3/c11-4-1-2-5(12)9(13)8(4)7-3-6(10(15)16)14-17-7/h1-3H,(H,15,16). The molecule has 2 aromatic rings. The maximum Gasteiger partial charge on any atom is 0.358 e. The second kappa shape index (κ2) is 4.35. The summed E-state index contributed by atoms with van der Waals surface area (Å²) < 4.78 is 18.4. The van der Waals surface area contributed by atoms with Crippen LogP contribution in [0.2, 0.25) is 10.0 Å². The topological polar surface area (TPSA) is 63.3 Å². The van der Waals surface area contributed by atoms with Crippen LogP contribution in [0.5, 0.6) is 0 Å². The number of carboxylic acids is 1. The number of rotatable bonds is 2. The fraction of sp³-hybridized carbons (Fsp3) is 0. The lowest BCUT2D eigenvalue weighted by molar-refractivity contribution is 0.0686. The molecule has 0 bridgehead atoms. The molecule has 0 radical (unpaired) electrons. The van der Waals surface area contributed by atoms with E-state index in [0.29, 0.717) is 0 Å². The molecule has 17 heavy (non-hydrogen) atoms. The highest BCUT2D eigenvalue weighted by molar-refractivity contribution is 6.35. The van der Waals surface area contributed by atoms with Gasteiger partial charge in [-0.25, -0.2) is 9.18 Å². The number of carbonyl (C=O) groups is 1. The zero-order valence-electron chi connectivity index (χ0n) is 8.08. The van der Waals surface area contributed by atoms with Gasteiger partial charge in [0.25, 0.3) is 0 Å². The van der Waals surface area contributed by atoms with Crippen molar-refractivity contribution in [1.82, 2.24) is 5.16 Å². The SMILES string of the molecule is O=C(O)c1cc(-c2c(Cl)ccc(Cl)c2F)on1. The fourth-order valence-electron chi connectivity index (χ4n) is 1.25. The highest BCUT2D eigenvalue weighted by Gasteiger charge is 2.19. The van der Waals surface area contributed by atoms with Crippen molar-refractivity contribution >= 4 is 29.2 Å². The quantitative estimate of drug-likeness (QED) is 0.853. The van der Waals surface area contributed by atoms with Crippen molar-refractivity contribution in [2.24, 2.45) is 0 Å². The monoisotopic (exact) mass is 275 g/mol. The number of hydrogen-bond donors (Lipinski definition) is 1. The van der Waals surface area contributed by atoms with Crippen molar-refractivity contribution in [3.05, 3.63) is 39.8 Å². The maximum absolute atomic E-state index is 13.7. The minimum absolute atomic E-state index is 0.0555. The molecule has 1 N–H and O–H groups in total. The first kappa shape index (κ1) is 11.9. The van der Waals surface area contributed by atoms with E-state index in [1.54, 1.807) is 0 Å². The van der Waals surface area contributed by atoms with Gasteiger partial charge in [-0.3, -0.25) is 0 Å². The second-order valence-electron chi connectivity index (χ2n) is 3.10. The van der Waals surface area contributed by atoms with Gasteiger partial charge < -0.3 is 9.63 Å². The Bertz CT molecular complexity index is 597. The summed E-state index contributed by atoms with van der Waals surface area (Å²) in [6.07, 6.45) is 0. The molecule has 1 heterocycles. The van der Waals surface area contributed by atoms with Crippen LogP contribution >= 0.6 is 23.2 Å². The lowest BCUT2D eigenvalue weighted by atomic mass is 10.1. The third-order valence-electron chi connectivity index (χ3n) is 2.02. The molecule has 0 saturated carbocycles. The van der Waals surface area contributed by atoms with Crippen LogP contribution in [-0.4, -0.2) is 16.2 Å². The van der Waals surface area contributed by atoms with Gasteiger partial charge >= 0.3 is 5.97 Å². The summed E-state index contributed by atoms with van der Waals surface area (Å²) in [6.45, 7) is 0.